The normalized spacial score (nSPS) is 15.5. The second kappa shape index (κ2) is 116. The predicted octanol–water partition coefficient (Wildman–Crippen LogP) is 29.2. The molecule has 22 heteroatoms. The van der Waals surface area contributed by atoms with Gasteiger partial charge in [-0.2, -0.15) is 4.28 Å². The lowest BCUT2D eigenvalue weighted by Gasteiger charge is -2.34. The van der Waals surface area contributed by atoms with E-state index in [1.165, 1.54) is 116 Å². The van der Waals surface area contributed by atoms with Gasteiger partial charge in [-0.1, -0.05) is 190 Å². The molecular formula is C105H227N17O3S2. The van der Waals surface area contributed by atoms with Crippen molar-refractivity contribution in [2.45, 2.75) is 443 Å². The van der Waals surface area contributed by atoms with Crippen LogP contribution in [0.4, 0.5) is 0 Å². The van der Waals surface area contributed by atoms with Gasteiger partial charge in [0.1, 0.15) is 6.26 Å². The fourth-order valence-electron chi connectivity index (χ4n) is 10.5. The van der Waals surface area contributed by atoms with Crippen LogP contribution in [0.5, 0.6) is 0 Å². The summed E-state index contributed by atoms with van der Waals surface area (Å²) in [4.78, 5) is 25.4. The molecule has 9 aliphatic rings. The molecule has 5 saturated heterocycles. The first-order chi connectivity index (χ1) is 61.0. The van der Waals surface area contributed by atoms with Gasteiger partial charge < -0.3 is 53.3 Å². The van der Waals surface area contributed by atoms with Crippen molar-refractivity contribution in [3.63, 3.8) is 0 Å². The Balaban J connectivity index is -0.000000111. The zero-order valence-corrected chi connectivity index (χ0v) is 95.6. The van der Waals surface area contributed by atoms with Crippen molar-refractivity contribution in [2.24, 2.45) is 0 Å². The zero-order valence-electron chi connectivity index (χ0n) is 94.0. The Morgan fingerprint density at radius 2 is 0.764 bits per heavy atom. The van der Waals surface area contributed by atoms with Crippen LogP contribution in [-0.2, 0) is 13.8 Å². The van der Waals surface area contributed by atoms with E-state index in [1.807, 2.05) is 256 Å². The Morgan fingerprint density at radius 1 is 0.346 bits per heavy atom. The predicted molar refractivity (Wildman–Crippen MR) is 581 cm³/mol. The average molecular weight is 1840 g/mol. The van der Waals surface area contributed by atoms with Crippen molar-refractivity contribution in [3.8, 4) is 0 Å². The highest BCUT2D eigenvalue weighted by atomic mass is 32.2. The standard InChI is InChI=1S/C9H13N.C8H18N2.C8H17N.C7H16N2.C7H15NO.C7H15N.C7H11N.C6H10N2.C6H11NO.C6H11NS.C5H9N3.C5H9NOS.12C2H6/c1-9(2)10-7-5-3-4-6-8-10;1-8(2)10-6-4-9(3)5-7-10;1-8(2)9-6-4-3-5-7-9;1-7(2)9-5-3-4-8-6-9;1-7(2)8-3-5-9-6-4-8;2*1-7(2)8-5-3-4-6-8;1-6(2)8-4-3-7-5-8;2*1-6(2)7-3-4-8-5-7;1-5(2)8-4-3-6-7-8;1-5(2)6-3-4-8-7-6;12*1-2/h3-9H,1-2H3;8H,4-7H2,1-3H3;8H,3-7H2,1-2H3;7-8H,3-6H2,1-2H3;7H,3-6H2,1-2H3;7H,3-6H2,1-2H3;3-7H,1-2H3;3-6H,1-2H3;2*3-4,6H,5H2,1-2H3;2*3-5H,1-2H3;12*1-2H3. The molecule has 0 bridgehead atoms. The number of hydroxylamine groups is 2. The van der Waals surface area contributed by atoms with Crippen LogP contribution in [0.2, 0.25) is 0 Å². The topological polar surface area (TPSA) is 126 Å². The molecule has 0 atom stereocenters. The SMILES string of the molecule is CC.CC.CC.CC.CC.CC.CC.CC.CC.CC.CC.CC.CC(C)N1C=CC=CC=C1.CC(C)N1C=COC1.CC(C)N1C=CSC1.CC(C)N1C=CSO1.CC(C)N1CCCC1.CC(C)N1CCCCC1.CC(C)N1CCCNC1.CC(C)N1CCN(C)CC1.CC(C)N1CCOCC1.CC(C)n1cccc1.CC(C)n1ccnc1.CC(C)n1ccnn1. The van der Waals surface area contributed by atoms with Gasteiger partial charge in [0, 0.05) is 186 Å². The van der Waals surface area contributed by atoms with Crippen molar-refractivity contribution in [1.82, 2.24) is 83.6 Å². The van der Waals surface area contributed by atoms with Crippen LogP contribution in [-0.4, -0.2) is 251 Å². The highest BCUT2D eigenvalue weighted by Crippen LogP contribution is 2.20. The molecule has 3 aromatic rings. The number of aromatic nitrogens is 6. The molecule has 12 rings (SSSR count). The van der Waals surface area contributed by atoms with E-state index in [-0.39, 0.29) is 0 Å². The first kappa shape index (κ1) is 148. The zero-order chi connectivity index (χ0) is 101. The van der Waals surface area contributed by atoms with E-state index in [2.05, 4.69) is 283 Å². The van der Waals surface area contributed by atoms with Gasteiger partial charge in [0.25, 0.3) is 0 Å². The fraction of sp³-hybridized carbons (Fsp3) is 0.800. The van der Waals surface area contributed by atoms with Crippen molar-refractivity contribution in [1.29, 1.82) is 0 Å². The van der Waals surface area contributed by atoms with Crippen LogP contribution < -0.4 is 5.32 Å². The van der Waals surface area contributed by atoms with E-state index < -0.39 is 0 Å². The molecule has 5 fully saturated rings. The summed E-state index contributed by atoms with van der Waals surface area (Å²) < 4.78 is 21.3. The van der Waals surface area contributed by atoms with E-state index >= 15 is 0 Å². The summed E-state index contributed by atoms with van der Waals surface area (Å²) in [6, 6.07) is 11.5. The van der Waals surface area contributed by atoms with Gasteiger partial charge in [0.2, 0.25) is 0 Å². The Labute approximate surface area is 805 Å². The molecule has 0 aromatic carbocycles. The largest absolute Gasteiger partial charge is 0.479 e. The fourth-order valence-corrected chi connectivity index (χ4v) is 12.0. The van der Waals surface area contributed by atoms with Crippen LogP contribution in [0, 0.1) is 0 Å². The van der Waals surface area contributed by atoms with Crippen molar-refractivity contribution >= 4 is 23.8 Å². The average Bonchev–Trinajstić information content (AvgIpc) is 1.54. The van der Waals surface area contributed by atoms with Gasteiger partial charge in [0.05, 0.1) is 49.7 Å². The third kappa shape index (κ3) is 94.4. The second-order valence-corrected chi connectivity index (χ2v) is 31.8. The summed E-state index contributed by atoms with van der Waals surface area (Å²) in [5.74, 6) is 1.14. The van der Waals surface area contributed by atoms with E-state index in [1.54, 1.807) is 23.3 Å². The third-order valence-electron chi connectivity index (χ3n) is 18.0. The first-order valence-electron chi connectivity index (χ1n) is 51.3. The maximum atomic E-state index is 5.21. The van der Waals surface area contributed by atoms with E-state index in [0.717, 1.165) is 63.7 Å². The number of piperidine rings is 1. The highest BCUT2D eigenvalue weighted by Gasteiger charge is 2.18. The molecule has 0 spiro atoms. The van der Waals surface area contributed by atoms with Gasteiger partial charge in [0.15, 0.2) is 6.73 Å². The van der Waals surface area contributed by atoms with E-state index in [4.69, 9.17) is 13.8 Å². The van der Waals surface area contributed by atoms with Crippen LogP contribution in [0.3, 0.4) is 0 Å². The van der Waals surface area contributed by atoms with E-state index in [9.17, 15) is 0 Å². The molecule has 20 nitrogen and oxygen atoms in total. The number of likely N-dealkylation sites (N-methyl/N-ethyl adjacent to an activating group) is 1. The number of hydrogen-bond donors (Lipinski definition) is 1. The number of hydrogen-bond acceptors (Lipinski definition) is 19. The molecule has 12 heterocycles. The Morgan fingerprint density at radius 3 is 1.00 bits per heavy atom. The Bertz CT molecular complexity index is 2310. The van der Waals surface area contributed by atoms with E-state index in [0.29, 0.717) is 54.4 Å². The summed E-state index contributed by atoms with van der Waals surface area (Å²) in [5.41, 5.74) is 0. The number of imidazole rings is 1. The second-order valence-electron chi connectivity index (χ2n) is 30.3. The minimum atomic E-state index is 0.428. The summed E-state index contributed by atoms with van der Waals surface area (Å²) in [7, 11) is 2.19. The molecule has 127 heavy (non-hydrogen) atoms. The van der Waals surface area contributed by atoms with Gasteiger partial charge in [-0.05, 0) is 268 Å². The number of likely N-dealkylation sites (tertiary alicyclic amines) is 2. The van der Waals surface area contributed by atoms with Gasteiger partial charge in [-0.25, -0.2) is 10.0 Å². The summed E-state index contributed by atoms with van der Waals surface area (Å²) in [6.45, 7) is 119. The number of ether oxygens (including phenoxy) is 2. The monoisotopic (exact) mass is 1840 g/mol. The maximum Gasteiger partial charge on any atom is 0.160 e. The Hall–Kier alpha value is -4.59. The molecule has 1 N–H and O–H groups in total. The highest BCUT2D eigenvalue weighted by molar-refractivity contribution is 8.02. The lowest BCUT2D eigenvalue weighted by molar-refractivity contribution is -0.00456. The van der Waals surface area contributed by atoms with Crippen LogP contribution in [0.25, 0.3) is 0 Å². The lowest BCUT2D eigenvalue weighted by Crippen LogP contribution is -2.47. The number of thioether (sulfide) groups is 1. The molecule has 762 valence electrons. The summed E-state index contributed by atoms with van der Waals surface area (Å²) in [5, 5.41) is 16.6. The maximum absolute atomic E-state index is 5.21. The van der Waals surface area contributed by atoms with Gasteiger partial charge >= 0.3 is 0 Å². The van der Waals surface area contributed by atoms with Crippen LogP contribution in [0.15, 0.2) is 128 Å². The minimum Gasteiger partial charge on any atom is -0.479 e. The molecular weight excluding hydrogens is 1610 g/mol. The molecule has 0 aliphatic carbocycles. The third-order valence-corrected chi connectivity index (χ3v) is 19.3. The van der Waals surface area contributed by atoms with Gasteiger partial charge in [-0.15, -0.1) is 16.9 Å². The number of allylic oxidation sites excluding steroid dienone is 4. The molecule has 3 aromatic heterocycles. The van der Waals surface area contributed by atoms with Crippen molar-refractivity contribution in [2.75, 3.05) is 118 Å². The number of morpholine rings is 1. The summed E-state index contributed by atoms with van der Waals surface area (Å²) >= 11 is 3.21. The first-order valence-corrected chi connectivity index (χ1v) is 53.2. The van der Waals surface area contributed by atoms with Crippen molar-refractivity contribution < 1.29 is 13.8 Å². The molecule has 0 radical (unpaired) electrons. The quantitative estimate of drug-likeness (QED) is 0.173. The molecule has 0 amide bonds. The number of piperazine rings is 1. The summed E-state index contributed by atoms with van der Waals surface area (Å²) in [6.07, 6.45) is 41.7. The molecule has 9 aliphatic heterocycles. The number of nitrogens with one attached hydrogen (secondary N) is 1. The van der Waals surface area contributed by atoms with Crippen molar-refractivity contribution in [3.05, 3.63) is 128 Å². The number of nitrogens with zero attached hydrogens (tertiary/aromatic N) is 16. The van der Waals surface area contributed by atoms with Crippen LogP contribution in [0.1, 0.15) is 389 Å². The molecule has 0 unspecified atom stereocenters. The minimum absolute atomic E-state index is 0.428. The smallest absolute Gasteiger partial charge is 0.160 e. The van der Waals surface area contributed by atoms with Crippen LogP contribution >= 0.6 is 23.8 Å². The van der Waals surface area contributed by atoms with Gasteiger partial charge in [-0.3, -0.25) is 19.4 Å². The Kier molecular flexibility index (Phi) is 135. The number of rotatable bonds is 12. The molecule has 0 saturated carbocycles. The lowest BCUT2D eigenvalue weighted by atomic mass is 10.1.